The van der Waals surface area contributed by atoms with Crippen LogP contribution in [-0.4, -0.2) is 66.2 Å². The highest BCUT2D eigenvalue weighted by Crippen LogP contribution is 2.29. The number of benzene rings is 1. The number of aryl methyl sites for hydroxylation is 1. The van der Waals surface area contributed by atoms with Gasteiger partial charge in [-0.3, -0.25) is 4.79 Å². The van der Waals surface area contributed by atoms with Crippen LogP contribution in [0, 0.1) is 0 Å². The number of piperazine rings is 1. The van der Waals surface area contributed by atoms with Crippen molar-refractivity contribution >= 4 is 40.0 Å². The summed E-state index contributed by atoms with van der Waals surface area (Å²) in [6, 6.07) is 6.23. The molecule has 3 N–H and O–H groups in total. The Kier molecular flexibility index (Phi) is 6.29. The second kappa shape index (κ2) is 9.53. The molecule has 1 aliphatic rings. The molecule has 1 amide bonds. The van der Waals surface area contributed by atoms with Crippen molar-refractivity contribution in [3.05, 3.63) is 47.5 Å². The van der Waals surface area contributed by atoms with E-state index in [9.17, 15) is 4.79 Å². The van der Waals surface area contributed by atoms with Crippen molar-refractivity contribution in [3.8, 4) is 11.5 Å². The molecule has 0 unspecified atom stereocenters. The normalized spacial score (nSPS) is 16.3. The van der Waals surface area contributed by atoms with E-state index in [0.717, 1.165) is 42.2 Å². The fraction of sp³-hybridized carbons (Fsp3) is 0.375. The first-order valence-electron chi connectivity index (χ1n) is 11.8. The van der Waals surface area contributed by atoms with Crippen molar-refractivity contribution in [3.63, 3.8) is 0 Å². The van der Waals surface area contributed by atoms with Crippen molar-refractivity contribution < 1.29 is 4.79 Å². The number of nitrogens with two attached hydrogens (primary N) is 1. The van der Waals surface area contributed by atoms with E-state index in [4.69, 9.17) is 17.3 Å². The standard InChI is InChI=1S/C24H28ClN9O/c1-3-4-16-11-17(5-6-18(16)25)32-9-10-33(15(2)12-32)19(35)13-34-24-20(22(26)29-14-30-24)21(31-34)23-27-7-8-28-23/h5-8,11,14-15H,3-4,9-10,12-13H2,1-2H3,(H,27,28)(H2,26,29,30)/t15-/m0/s1. The van der Waals surface area contributed by atoms with E-state index in [2.05, 4.69) is 55.9 Å². The topological polar surface area (TPSA) is 122 Å². The van der Waals surface area contributed by atoms with Crippen LogP contribution in [0.3, 0.4) is 0 Å². The molecule has 0 saturated carbocycles. The number of nitrogens with one attached hydrogen (secondary N) is 1. The fourth-order valence-electron chi connectivity index (χ4n) is 4.70. The number of carbonyl (C=O) groups excluding carboxylic acids is 1. The van der Waals surface area contributed by atoms with E-state index < -0.39 is 0 Å². The molecule has 1 fully saturated rings. The number of hydrogen-bond donors (Lipinski definition) is 2. The number of aromatic amines is 1. The van der Waals surface area contributed by atoms with Gasteiger partial charge in [-0.1, -0.05) is 24.9 Å². The number of H-pyrrole nitrogens is 1. The number of halogens is 1. The highest BCUT2D eigenvalue weighted by Gasteiger charge is 2.29. The largest absolute Gasteiger partial charge is 0.383 e. The van der Waals surface area contributed by atoms with Gasteiger partial charge in [-0.25, -0.2) is 19.6 Å². The molecule has 0 aliphatic carbocycles. The Labute approximate surface area is 208 Å². The summed E-state index contributed by atoms with van der Waals surface area (Å²) in [6.07, 6.45) is 6.72. The average Bonchev–Trinajstić information content (AvgIpc) is 3.50. The number of rotatable bonds is 6. The third-order valence-electron chi connectivity index (χ3n) is 6.43. The summed E-state index contributed by atoms with van der Waals surface area (Å²) >= 11 is 6.37. The third-order valence-corrected chi connectivity index (χ3v) is 6.80. The molecule has 35 heavy (non-hydrogen) atoms. The van der Waals surface area contributed by atoms with Crippen LogP contribution in [-0.2, 0) is 17.8 Å². The second-order valence-corrected chi connectivity index (χ2v) is 9.22. The van der Waals surface area contributed by atoms with Crippen molar-refractivity contribution in [2.24, 2.45) is 0 Å². The van der Waals surface area contributed by atoms with Crippen LogP contribution >= 0.6 is 11.6 Å². The van der Waals surface area contributed by atoms with Gasteiger partial charge in [0.15, 0.2) is 11.5 Å². The molecule has 0 radical (unpaired) electrons. The molecule has 1 aromatic carbocycles. The first-order valence-corrected chi connectivity index (χ1v) is 12.1. The zero-order valence-corrected chi connectivity index (χ0v) is 20.5. The summed E-state index contributed by atoms with van der Waals surface area (Å²) in [5.41, 5.74) is 9.47. The molecular formula is C24H28ClN9O. The highest BCUT2D eigenvalue weighted by atomic mass is 35.5. The quantitative estimate of drug-likeness (QED) is 0.423. The van der Waals surface area contributed by atoms with Gasteiger partial charge < -0.3 is 20.5 Å². The van der Waals surface area contributed by atoms with E-state index in [1.165, 1.54) is 6.33 Å². The molecule has 1 atom stereocenters. The van der Waals surface area contributed by atoms with Gasteiger partial charge in [-0.15, -0.1) is 0 Å². The lowest BCUT2D eigenvalue weighted by Gasteiger charge is -2.41. The lowest BCUT2D eigenvalue weighted by atomic mass is 10.1. The van der Waals surface area contributed by atoms with Gasteiger partial charge in [0.2, 0.25) is 5.91 Å². The molecule has 11 heteroatoms. The zero-order chi connectivity index (χ0) is 24.5. The molecule has 3 aromatic heterocycles. The molecule has 0 bridgehead atoms. The first kappa shape index (κ1) is 23.1. The molecule has 1 aliphatic heterocycles. The molecule has 10 nitrogen and oxygen atoms in total. The highest BCUT2D eigenvalue weighted by molar-refractivity contribution is 6.31. The van der Waals surface area contributed by atoms with Crippen molar-refractivity contribution in [1.29, 1.82) is 0 Å². The summed E-state index contributed by atoms with van der Waals surface area (Å²) in [6.45, 7) is 6.38. The fourth-order valence-corrected chi connectivity index (χ4v) is 4.91. The first-order chi connectivity index (χ1) is 17.0. The van der Waals surface area contributed by atoms with Gasteiger partial charge in [0.1, 0.15) is 24.4 Å². The van der Waals surface area contributed by atoms with Crippen LogP contribution in [0.5, 0.6) is 0 Å². The Bertz CT molecular complexity index is 1350. The summed E-state index contributed by atoms with van der Waals surface area (Å²) in [5, 5.41) is 6.01. The minimum atomic E-state index is -0.0208. The molecule has 0 spiro atoms. The molecule has 182 valence electrons. The Balaban J connectivity index is 1.34. The number of nitrogens with zero attached hydrogens (tertiary/aromatic N) is 7. The van der Waals surface area contributed by atoms with Crippen LogP contribution in [0.1, 0.15) is 25.8 Å². The van der Waals surface area contributed by atoms with E-state index in [0.29, 0.717) is 34.9 Å². The monoisotopic (exact) mass is 493 g/mol. The van der Waals surface area contributed by atoms with Gasteiger partial charge in [-0.05, 0) is 37.1 Å². The summed E-state index contributed by atoms with van der Waals surface area (Å²) in [4.78, 5) is 33.3. The van der Waals surface area contributed by atoms with Crippen LogP contribution in [0.4, 0.5) is 11.5 Å². The number of aromatic nitrogens is 6. The summed E-state index contributed by atoms with van der Waals surface area (Å²) < 4.78 is 1.59. The SMILES string of the molecule is CCCc1cc(N2CCN(C(=O)Cn3nc(-c4ncc[nH]4)c4c(N)ncnc43)[C@@H](C)C2)ccc1Cl. The number of hydrogen-bond acceptors (Lipinski definition) is 7. The summed E-state index contributed by atoms with van der Waals surface area (Å²) in [5.74, 6) is 0.829. The Hall–Kier alpha value is -3.66. The van der Waals surface area contributed by atoms with Gasteiger partial charge >= 0.3 is 0 Å². The maximum atomic E-state index is 13.4. The molecule has 5 rings (SSSR count). The van der Waals surface area contributed by atoms with Crippen LogP contribution in [0.15, 0.2) is 36.9 Å². The Morgan fingerprint density at radius 2 is 2.11 bits per heavy atom. The van der Waals surface area contributed by atoms with Gasteiger partial charge in [0.25, 0.3) is 0 Å². The maximum absolute atomic E-state index is 13.4. The number of carbonyl (C=O) groups is 1. The Morgan fingerprint density at radius 1 is 1.26 bits per heavy atom. The Morgan fingerprint density at radius 3 is 2.86 bits per heavy atom. The van der Waals surface area contributed by atoms with Gasteiger partial charge in [0, 0.05) is 48.8 Å². The van der Waals surface area contributed by atoms with E-state index in [1.807, 2.05) is 11.0 Å². The van der Waals surface area contributed by atoms with Gasteiger partial charge in [0.05, 0.1) is 5.39 Å². The molecule has 4 aromatic rings. The lowest BCUT2D eigenvalue weighted by Crippen LogP contribution is -2.54. The van der Waals surface area contributed by atoms with E-state index in [1.54, 1.807) is 17.1 Å². The van der Waals surface area contributed by atoms with Crippen LogP contribution in [0.2, 0.25) is 5.02 Å². The third kappa shape index (κ3) is 4.41. The summed E-state index contributed by atoms with van der Waals surface area (Å²) in [7, 11) is 0. The number of anilines is 2. The van der Waals surface area contributed by atoms with Crippen LogP contribution < -0.4 is 10.6 Å². The molecular weight excluding hydrogens is 466 g/mol. The number of nitrogen functional groups attached to an aromatic ring is 1. The smallest absolute Gasteiger partial charge is 0.244 e. The maximum Gasteiger partial charge on any atom is 0.244 e. The van der Waals surface area contributed by atoms with E-state index >= 15 is 0 Å². The van der Waals surface area contributed by atoms with Crippen molar-refractivity contribution in [2.75, 3.05) is 30.3 Å². The molecule has 4 heterocycles. The minimum Gasteiger partial charge on any atom is -0.383 e. The number of amides is 1. The molecule has 1 saturated heterocycles. The predicted octanol–water partition coefficient (Wildman–Crippen LogP) is 3.14. The number of imidazole rings is 1. The second-order valence-electron chi connectivity index (χ2n) is 8.81. The van der Waals surface area contributed by atoms with Crippen molar-refractivity contribution in [1.82, 2.24) is 34.6 Å². The predicted molar refractivity (Wildman–Crippen MR) is 136 cm³/mol. The zero-order valence-electron chi connectivity index (χ0n) is 19.8. The van der Waals surface area contributed by atoms with Crippen LogP contribution in [0.25, 0.3) is 22.6 Å². The van der Waals surface area contributed by atoms with E-state index in [-0.39, 0.29) is 18.5 Å². The number of fused-ring (bicyclic) bond motifs is 1. The average molecular weight is 494 g/mol. The lowest BCUT2D eigenvalue weighted by molar-refractivity contribution is -0.134. The van der Waals surface area contributed by atoms with Crippen molar-refractivity contribution in [2.45, 2.75) is 39.3 Å². The van der Waals surface area contributed by atoms with Gasteiger partial charge in [-0.2, -0.15) is 5.10 Å². The minimum absolute atomic E-state index is 0.0208.